The number of carbonyl (C=O) groups excluding carboxylic acids is 1. The van der Waals surface area contributed by atoms with Crippen molar-refractivity contribution < 1.29 is 4.79 Å². The lowest BCUT2D eigenvalue weighted by atomic mass is 9.76. The molecule has 134 valence electrons. The predicted molar refractivity (Wildman–Crippen MR) is 103 cm³/mol. The van der Waals surface area contributed by atoms with E-state index in [1.54, 1.807) is 12.4 Å². The van der Waals surface area contributed by atoms with Crippen LogP contribution in [0.2, 0.25) is 0 Å². The maximum absolute atomic E-state index is 12.9. The number of nitrogens with zero attached hydrogens (tertiary/aromatic N) is 3. The Morgan fingerprint density at radius 2 is 2.11 bits per heavy atom. The van der Waals surface area contributed by atoms with Gasteiger partial charge in [0.15, 0.2) is 5.78 Å². The summed E-state index contributed by atoms with van der Waals surface area (Å²) in [4.78, 5) is 19.0. The summed E-state index contributed by atoms with van der Waals surface area (Å²) in [5, 5.41) is 9.92. The van der Waals surface area contributed by atoms with Crippen molar-refractivity contribution in [2.24, 2.45) is 5.73 Å². The molecule has 0 bridgehead atoms. The zero-order valence-electron chi connectivity index (χ0n) is 15.1. The molecule has 0 spiro atoms. The van der Waals surface area contributed by atoms with Crippen LogP contribution in [-0.4, -0.2) is 10.8 Å². The number of hydrogen-bond donors (Lipinski definition) is 1. The number of carbonyl (C=O) groups is 1. The van der Waals surface area contributed by atoms with Crippen LogP contribution in [0.5, 0.6) is 0 Å². The van der Waals surface area contributed by atoms with E-state index in [0.717, 1.165) is 35.4 Å². The molecule has 0 amide bonds. The highest BCUT2D eigenvalue weighted by atomic mass is 16.1. The van der Waals surface area contributed by atoms with Crippen molar-refractivity contribution in [3.8, 4) is 6.07 Å². The molecule has 2 aromatic rings. The van der Waals surface area contributed by atoms with Crippen LogP contribution < -0.4 is 10.6 Å². The van der Waals surface area contributed by atoms with Crippen molar-refractivity contribution in [1.82, 2.24) is 4.98 Å². The van der Waals surface area contributed by atoms with Crippen LogP contribution in [0.1, 0.15) is 36.3 Å². The van der Waals surface area contributed by atoms with Crippen molar-refractivity contribution in [3.63, 3.8) is 0 Å². The Balaban J connectivity index is 1.98. The lowest BCUT2D eigenvalue weighted by Gasteiger charge is -2.39. The van der Waals surface area contributed by atoms with Gasteiger partial charge in [-0.25, -0.2) is 0 Å². The summed E-state index contributed by atoms with van der Waals surface area (Å²) in [6, 6.07) is 13.9. The molecular weight excluding hydrogens is 336 g/mol. The fourth-order valence-electron chi connectivity index (χ4n) is 4.03. The minimum absolute atomic E-state index is 0.0861. The summed E-state index contributed by atoms with van der Waals surface area (Å²) in [5.74, 6) is 0.0287. The molecule has 2 heterocycles. The third-order valence-corrected chi connectivity index (χ3v) is 5.19. The van der Waals surface area contributed by atoms with Gasteiger partial charge in [-0.15, -0.1) is 0 Å². The van der Waals surface area contributed by atoms with Gasteiger partial charge in [0, 0.05) is 35.8 Å². The van der Waals surface area contributed by atoms with Crippen LogP contribution in [0.25, 0.3) is 0 Å². The first-order chi connectivity index (χ1) is 13.1. The van der Waals surface area contributed by atoms with E-state index >= 15 is 0 Å². The molecular formula is C22H20N4O. The quantitative estimate of drug-likeness (QED) is 0.887. The van der Waals surface area contributed by atoms with Gasteiger partial charge in [-0.05, 0) is 49.1 Å². The molecule has 0 saturated heterocycles. The van der Waals surface area contributed by atoms with E-state index in [2.05, 4.69) is 11.1 Å². The molecule has 2 N–H and O–H groups in total. The Morgan fingerprint density at radius 3 is 2.81 bits per heavy atom. The molecule has 0 unspecified atom stereocenters. The van der Waals surface area contributed by atoms with E-state index in [1.165, 1.54) is 0 Å². The van der Waals surface area contributed by atoms with E-state index in [0.29, 0.717) is 23.4 Å². The van der Waals surface area contributed by atoms with Crippen LogP contribution >= 0.6 is 0 Å². The molecule has 2 aliphatic rings. The molecule has 5 nitrogen and oxygen atoms in total. The van der Waals surface area contributed by atoms with Gasteiger partial charge in [0.2, 0.25) is 0 Å². The highest BCUT2D eigenvalue weighted by molar-refractivity contribution is 6.01. The molecule has 4 rings (SSSR count). The third kappa shape index (κ3) is 2.80. The number of nitriles is 1. The van der Waals surface area contributed by atoms with Gasteiger partial charge < -0.3 is 5.73 Å². The summed E-state index contributed by atoms with van der Waals surface area (Å²) in [6.07, 6.45) is 5.43. The highest BCUT2D eigenvalue weighted by Crippen LogP contribution is 2.46. The van der Waals surface area contributed by atoms with E-state index in [9.17, 15) is 10.1 Å². The molecule has 1 atom stereocenters. The number of aryl methyl sites for hydroxylation is 1. The van der Waals surface area contributed by atoms with Gasteiger partial charge in [-0.3, -0.25) is 14.7 Å². The number of aromatic nitrogens is 1. The molecule has 1 aliphatic carbocycles. The van der Waals surface area contributed by atoms with Gasteiger partial charge in [-0.2, -0.15) is 5.26 Å². The molecule has 1 aromatic heterocycles. The minimum Gasteiger partial charge on any atom is -0.384 e. The number of benzene rings is 1. The summed E-state index contributed by atoms with van der Waals surface area (Å²) in [7, 11) is 0. The smallest absolute Gasteiger partial charge is 0.161 e. The summed E-state index contributed by atoms with van der Waals surface area (Å²) >= 11 is 0. The van der Waals surface area contributed by atoms with E-state index in [1.807, 2.05) is 48.2 Å². The maximum Gasteiger partial charge on any atom is 0.161 e. The molecule has 5 heteroatoms. The second-order valence-electron chi connectivity index (χ2n) is 6.94. The molecule has 1 aromatic carbocycles. The number of rotatable bonds is 2. The second-order valence-corrected chi connectivity index (χ2v) is 6.94. The van der Waals surface area contributed by atoms with Crippen molar-refractivity contribution >= 4 is 11.5 Å². The fraction of sp³-hybridized carbons (Fsp3) is 0.227. The van der Waals surface area contributed by atoms with Gasteiger partial charge in [0.25, 0.3) is 0 Å². The molecule has 0 saturated carbocycles. The summed E-state index contributed by atoms with van der Waals surface area (Å²) < 4.78 is 0. The summed E-state index contributed by atoms with van der Waals surface area (Å²) in [6.45, 7) is 2.01. The van der Waals surface area contributed by atoms with Crippen LogP contribution in [0.4, 0.5) is 5.69 Å². The van der Waals surface area contributed by atoms with Crippen LogP contribution in [0.3, 0.4) is 0 Å². The normalized spacial score (nSPS) is 19.8. The Hall–Kier alpha value is -3.39. The zero-order valence-corrected chi connectivity index (χ0v) is 15.1. The first-order valence-corrected chi connectivity index (χ1v) is 9.04. The average molecular weight is 356 g/mol. The fourth-order valence-corrected chi connectivity index (χ4v) is 4.03. The van der Waals surface area contributed by atoms with Crippen molar-refractivity contribution in [2.45, 2.75) is 32.1 Å². The minimum atomic E-state index is -0.451. The van der Waals surface area contributed by atoms with E-state index < -0.39 is 5.92 Å². The third-order valence-electron chi connectivity index (χ3n) is 5.19. The monoisotopic (exact) mass is 356 g/mol. The SMILES string of the molecule is Cc1cccc(N2C(N)=C(C#N)[C@@H](c3cccnc3)C3=C2CCCC3=O)c1. The predicted octanol–water partition coefficient (Wildman–Crippen LogP) is 3.69. The van der Waals surface area contributed by atoms with E-state index in [-0.39, 0.29) is 5.78 Å². The number of nitrogens with two attached hydrogens (primary N) is 1. The first kappa shape index (κ1) is 17.0. The molecule has 0 radical (unpaired) electrons. The number of hydrogen-bond acceptors (Lipinski definition) is 5. The molecule has 0 fully saturated rings. The first-order valence-electron chi connectivity index (χ1n) is 9.04. The molecule has 1 aliphatic heterocycles. The molecule has 27 heavy (non-hydrogen) atoms. The number of anilines is 1. The topological polar surface area (TPSA) is 83.0 Å². The van der Waals surface area contributed by atoms with Gasteiger partial charge in [0.05, 0.1) is 17.6 Å². The largest absolute Gasteiger partial charge is 0.384 e. The van der Waals surface area contributed by atoms with Crippen LogP contribution in [0.15, 0.2) is 71.5 Å². The standard InChI is InChI=1S/C22H20N4O/c1-14-5-2-7-16(11-14)26-18-8-3-9-19(27)21(18)20(17(12-23)22(26)24)15-6-4-10-25-13-15/h2,4-7,10-11,13,20H,3,8-9,24H2,1H3/t20-/m1/s1. The van der Waals surface area contributed by atoms with E-state index in [4.69, 9.17) is 5.73 Å². The van der Waals surface area contributed by atoms with Gasteiger partial charge in [-0.1, -0.05) is 18.2 Å². The number of Topliss-reactive ketones (excluding diaryl/α,β-unsaturated/α-hetero) is 1. The number of ketones is 1. The van der Waals surface area contributed by atoms with Crippen molar-refractivity contribution in [3.05, 3.63) is 82.6 Å². The van der Waals surface area contributed by atoms with Crippen LogP contribution in [-0.2, 0) is 4.79 Å². The van der Waals surface area contributed by atoms with Crippen molar-refractivity contribution in [1.29, 1.82) is 5.26 Å². The Morgan fingerprint density at radius 1 is 1.26 bits per heavy atom. The Kier molecular flexibility index (Phi) is 4.25. The maximum atomic E-state index is 12.9. The average Bonchev–Trinajstić information content (AvgIpc) is 2.68. The van der Waals surface area contributed by atoms with Gasteiger partial charge >= 0.3 is 0 Å². The lowest BCUT2D eigenvalue weighted by molar-refractivity contribution is -0.116. The summed E-state index contributed by atoms with van der Waals surface area (Å²) in [5.41, 5.74) is 11.3. The van der Waals surface area contributed by atoms with Gasteiger partial charge in [0.1, 0.15) is 5.82 Å². The Bertz CT molecular complexity index is 1010. The Labute approximate surface area is 158 Å². The number of allylic oxidation sites excluding steroid dienone is 3. The highest BCUT2D eigenvalue weighted by Gasteiger charge is 2.40. The lowest BCUT2D eigenvalue weighted by Crippen LogP contribution is -2.38. The van der Waals surface area contributed by atoms with Crippen molar-refractivity contribution in [2.75, 3.05) is 4.90 Å². The number of pyridine rings is 1. The zero-order chi connectivity index (χ0) is 19.0. The second kappa shape index (κ2) is 6.73. The van der Waals surface area contributed by atoms with Crippen LogP contribution in [0, 0.1) is 18.3 Å².